The molecular weight excluding hydrogens is 258 g/mol. The zero-order valence-electron chi connectivity index (χ0n) is 10.6. The Labute approximate surface area is 115 Å². The fraction of sp³-hybridized carbons (Fsp3) is 0.154. The molecule has 5 nitrogen and oxygen atoms in total. The first kappa shape index (κ1) is 13.1. The van der Waals surface area contributed by atoms with Gasteiger partial charge in [0.05, 0.1) is 7.05 Å². The van der Waals surface area contributed by atoms with Gasteiger partial charge in [-0.3, -0.25) is 5.41 Å². The molecule has 0 radical (unpaired) electrons. The number of imidazole rings is 1. The van der Waals surface area contributed by atoms with Gasteiger partial charge >= 0.3 is 0 Å². The third kappa shape index (κ3) is 2.43. The molecule has 0 aliphatic carbocycles. The number of fused-ring (bicyclic) bond motifs is 1. The molecule has 0 saturated carbocycles. The first-order chi connectivity index (χ1) is 9.21. The van der Waals surface area contributed by atoms with Crippen molar-refractivity contribution in [3.63, 3.8) is 0 Å². The molecular formula is C13H12N5S+. The van der Waals surface area contributed by atoms with E-state index in [0.717, 1.165) is 11.0 Å². The summed E-state index contributed by atoms with van der Waals surface area (Å²) < 4.78 is 3.66. The van der Waals surface area contributed by atoms with E-state index in [4.69, 9.17) is 10.7 Å². The third-order valence-electron chi connectivity index (χ3n) is 2.63. The number of rotatable bonds is 2. The molecule has 94 valence electrons. The largest absolute Gasteiger partial charge is 0.270 e. The first-order valence-electron chi connectivity index (χ1n) is 5.50. The van der Waals surface area contributed by atoms with E-state index in [1.54, 1.807) is 4.68 Å². The van der Waals surface area contributed by atoms with Crippen LogP contribution in [0.15, 0.2) is 41.3 Å². The number of hydrogen-bond donors (Lipinski definition) is 1. The van der Waals surface area contributed by atoms with Crippen LogP contribution >= 0.6 is 11.8 Å². The van der Waals surface area contributed by atoms with Gasteiger partial charge in [0.25, 0.3) is 6.33 Å². The molecule has 2 rings (SSSR count). The Morgan fingerprint density at radius 3 is 2.84 bits per heavy atom. The number of aromatic nitrogens is 2. The highest BCUT2D eigenvalue weighted by molar-refractivity contribution is 8.13. The normalized spacial score (nSPS) is 11.1. The van der Waals surface area contributed by atoms with E-state index in [-0.39, 0.29) is 5.57 Å². The lowest BCUT2D eigenvalue weighted by Gasteiger charge is -1.95. The molecule has 0 aliphatic heterocycles. The van der Waals surface area contributed by atoms with Crippen LogP contribution in [0, 0.1) is 16.7 Å². The summed E-state index contributed by atoms with van der Waals surface area (Å²) in [5.41, 5.74) is 2.12. The zero-order chi connectivity index (χ0) is 13.8. The van der Waals surface area contributed by atoms with Gasteiger partial charge in [0.15, 0.2) is 10.6 Å². The molecule has 0 aliphatic rings. The van der Waals surface area contributed by atoms with Crippen molar-refractivity contribution < 1.29 is 4.57 Å². The van der Waals surface area contributed by atoms with Crippen LogP contribution in [0.4, 0.5) is 0 Å². The van der Waals surface area contributed by atoms with E-state index in [0.29, 0.717) is 5.04 Å². The van der Waals surface area contributed by atoms with Crippen LogP contribution in [-0.4, -0.2) is 21.8 Å². The Bertz CT molecular complexity index is 744. The van der Waals surface area contributed by atoms with Crippen molar-refractivity contribution >= 4 is 33.7 Å². The summed E-state index contributed by atoms with van der Waals surface area (Å²) in [6, 6.07) is 9.77. The molecule has 1 heterocycles. The Morgan fingerprint density at radius 1 is 1.47 bits per heavy atom. The van der Waals surface area contributed by atoms with Crippen molar-refractivity contribution in [2.45, 2.75) is 0 Å². The molecule has 1 N–H and O–H groups in total. The summed E-state index contributed by atoms with van der Waals surface area (Å²) in [5, 5.41) is 20.9. The van der Waals surface area contributed by atoms with Gasteiger partial charge in [-0.05, 0) is 18.4 Å². The summed E-state index contributed by atoms with van der Waals surface area (Å²) in [6.45, 7) is 0. The Kier molecular flexibility index (Phi) is 3.81. The maximum atomic E-state index is 8.95. The number of hydrogen-bond acceptors (Lipinski definition) is 4. The minimum absolute atomic E-state index is 0.132. The lowest BCUT2D eigenvalue weighted by molar-refractivity contribution is -0.645. The maximum Gasteiger partial charge on any atom is 0.270 e. The van der Waals surface area contributed by atoms with Crippen LogP contribution in [0.2, 0.25) is 0 Å². The van der Waals surface area contributed by atoms with Crippen LogP contribution in [-0.2, 0) is 7.05 Å². The lowest BCUT2D eigenvalue weighted by atomic mass is 10.3. The van der Waals surface area contributed by atoms with E-state index in [1.807, 2.05) is 54.5 Å². The SMILES string of the molecule is CS/C(=N\n1c[n+](C)c2ccccc21)C(=C=N)C#N. The van der Waals surface area contributed by atoms with E-state index < -0.39 is 0 Å². The maximum absolute atomic E-state index is 8.95. The molecule has 0 spiro atoms. The van der Waals surface area contributed by atoms with Crippen LogP contribution < -0.4 is 4.57 Å². The number of benzene rings is 1. The predicted molar refractivity (Wildman–Crippen MR) is 76.3 cm³/mol. The highest BCUT2D eigenvalue weighted by atomic mass is 32.2. The minimum atomic E-state index is 0.132. The average Bonchev–Trinajstić information content (AvgIpc) is 2.76. The molecule has 0 unspecified atom stereocenters. The van der Waals surface area contributed by atoms with E-state index in [1.165, 1.54) is 11.8 Å². The number of nitrogens with zero attached hydrogens (tertiary/aromatic N) is 4. The average molecular weight is 270 g/mol. The number of nitrogens with one attached hydrogen (secondary N) is 1. The van der Waals surface area contributed by atoms with Gasteiger partial charge < -0.3 is 0 Å². The highest BCUT2D eigenvalue weighted by Crippen LogP contribution is 2.13. The summed E-state index contributed by atoms with van der Waals surface area (Å²) in [4.78, 5) is 0. The van der Waals surface area contributed by atoms with Gasteiger partial charge in [-0.1, -0.05) is 21.9 Å². The lowest BCUT2D eigenvalue weighted by Crippen LogP contribution is -2.25. The van der Waals surface area contributed by atoms with Gasteiger partial charge in [0, 0.05) is 5.87 Å². The van der Waals surface area contributed by atoms with Crippen LogP contribution in [0.25, 0.3) is 11.0 Å². The smallest absolute Gasteiger partial charge is 0.257 e. The van der Waals surface area contributed by atoms with Crippen LogP contribution in [0.3, 0.4) is 0 Å². The van der Waals surface area contributed by atoms with Crippen LogP contribution in [0.5, 0.6) is 0 Å². The fourth-order valence-electron chi connectivity index (χ4n) is 1.74. The molecule has 1 aromatic carbocycles. The topological polar surface area (TPSA) is 68.8 Å². The van der Waals surface area contributed by atoms with Crippen LogP contribution in [0.1, 0.15) is 0 Å². The van der Waals surface area contributed by atoms with E-state index >= 15 is 0 Å². The number of nitriles is 1. The third-order valence-corrected chi connectivity index (χ3v) is 3.31. The molecule has 0 bridgehead atoms. The van der Waals surface area contributed by atoms with E-state index in [9.17, 15) is 0 Å². The second kappa shape index (κ2) is 5.53. The summed E-state index contributed by atoms with van der Waals surface area (Å²) >= 11 is 1.32. The second-order valence-corrected chi connectivity index (χ2v) is 4.58. The molecule has 19 heavy (non-hydrogen) atoms. The van der Waals surface area contributed by atoms with E-state index in [2.05, 4.69) is 11.0 Å². The second-order valence-electron chi connectivity index (χ2n) is 3.78. The van der Waals surface area contributed by atoms with Gasteiger partial charge in [-0.25, -0.2) is 4.57 Å². The van der Waals surface area contributed by atoms with Crippen molar-refractivity contribution in [2.75, 3.05) is 6.26 Å². The molecule has 0 saturated heterocycles. The molecule has 0 atom stereocenters. The minimum Gasteiger partial charge on any atom is -0.257 e. The van der Waals surface area contributed by atoms with Crippen molar-refractivity contribution in [2.24, 2.45) is 12.1 Å². The Morgan fingerprint density at radius 2 is 2.21 bits per heavy atom. The molecule has 6 heteroatoms. The van der Waals surface area contributed by atoms with Gasteiger partial charge in [-0.15, -0.1) is 11.8 Å². The van der Waals surface area contributed by atoms with Gasteiger partial charge in [-0.2, -0.15) is 5.26 Å². The number of thioether (sulfide) groups is 1. The molecule has 2 aromatic rings. The Balaban J connectivity index is 2.63. The van der Waals surface area contributed by atoms with Crippen molar-refractivity contribution in [3.05, 3.63) is 36.2 Å². The van der Waals surface area contributed by atoms with Crippen molar-refractivity contribution in [1.82, 2.24) is 4.68 Å². The Hall–Kier alpha value is -2.35. The quantitative estimate of drug-likeness (QED) is 0.390. The summed E-state index contributed by atoms with van der Waals surface area (Å²) in [5.74, 6) is 2.11. The summed E-state index contributed by atoms with van der Waals surface area (Å²) in [6.07, 6.45) is 3.65. The predicted octanol–water partition coefficient (Wildman–Crippen LogP) is 1.69. The fourth-order valence-corrected chi connectivity index (χ4v) is 2.21. The highest BCUT2D eigenvalue weighted by Gasteiger charge is 2.14. The monoisotopic (exact) mass is 270 g/mol. The van der Waals surface area contributed by atoms with Crippen molar-refractivity contribution in [1.29, 1.82) is 10.7 Å². The summed E-state index contributed by atoms with van der Waals surface area (Å²) in [7, 11) is 1.94. The first-order valence-corrected chi connectivity index (χ1v) is 6.72. The van der Waals surface area contributed by atoms with Gasteiger partial charge in [0.2, 0.25) is 5.52 Å². The number of para-hydroxylation sites is 2. The molecule has 1 aromatic heterocycles. The number of aryl methyl sites for hydroxylation is 1. The zero-order valence-corrected chi connectivity index (χ0v) is 11.4. The van der Waals surface area contributed by atoms with Gasteiger partial charge in [0.1, 0.15) is 11.6 Å². The van der Waals surface area contributed by atoms with Crippen molar-refractivity contribution in [3.8, 4) is 6.07 Å². The standard InChI is InChI=1S/C13H12N5S/c1-17-9-18(12-6-4-3-5-11(12)17)16-13(19-2)10(7-14)8-15/h3-6,9,14H,1-2H3/q+1/b16-13-. The molecule has 0 amide bonds. The molecule has 0 fully saturated rings.